The van der Waals surface area contributed by atoms with Gasteiger partial charge in [-0.1, -0.05) is 194 Å². The topological polar surface area (TPSA) is 124 Å². The molecule has 21 aromatic rings. The highest BCUT2D eigenvalue weighted by Crippen LogP contribution is 2.49. The van der Waals surface area contributed by atoms with Gasteiger partial charge in [0, 0.05) is 102 Å². The van der Waals surface area contributed by atoms with Crippen LogP contribution in [0.2, 0.25) is 0 Å². The van der Waals surface area contributed by atoms with Gasteiger partial charge in [0.05, 0.1) is 125 Å². The molecule has 0 saturated carbocycles. The van der Waals surface area contributed by atoms with Crippen LogP contribution in [0.5, 0.6) is 0 Å². The Labute approximate surface area is 610 Å². The SMILES string of the molecule is N#Cc1ccc(-n2c3ccccc3c3ccc4c5ccccc5n(-c5ccccc5)c4c32)c(-c2ccc(-n3c4ccccc4c4ccccc43)cc2C#N)c1.[C-]#[N+]c1cc(-c2ccc(C#N)cc2-n2c3ccccc3c3ccc4sc5ccccc5c4c32)c(C#N)cc1-n1c2ccccc2c2ccccc21. The molecule has 106 heavy (non-hydrogen) atoms. The molecule has 10 nitrogen and oxygen atoms in total. The molecule has 488 valence electrons. The Kier molecular flexibility index (Phi) is 13.8. The second-order valence-corrected chi connectivity index (χ2v) is 27.6. The summed E-state index contributed by atoms with van der Waals surface area (Å²) >= 11 is 1.77. The van der Waals surface area contributed by atoms with Gasteiger partial charge in [0.2, 0.25) is 5.69 Å². The highest BCUT2D eigenvalue weighted by atomic mass is 32.1. The fourth-order valence-electron chi connectivity index (χ4n) is 16.7. The van der Waals surface area contributed by atoms with E-state index in [0.29, 0.717) is 39.2 Å². The highest BCUT2D eigenvalue weighted by molar-refractivity contribution is 7.26. The Balaban J connectivity index is 0.000000141. The summed E-state index contributed by atoms with van der Waals surface area (Å²) in [5.74, 6) is 0. The Hall–Kier alpha value is -15.0. The van der Waals surface area contributed by atoms with Gasteiger partial charge in [-0.2, -0.15) is 21.0 Å². The number of aromatic nitrogens is 5. The minimum absolute atomic E-state index is 0.430. The maximum atomic E-state index is 10.9. The van der Waals surface area contributed by atoms with Crippen molar-refractivity contribution in [3.05, 3.63) is 349 Å². The molecule has 0 atom stereocenters. The number of nitrogens with zero attached hydrogens (tertiary/aromatic N) is 10. The second kappa shape index (κ2) is 24.1. The zero-order valence-corrected chi connectivity index (χ0v) is 57.2. The van der Waals surface area contributed by atoms with Gasteiger partial charge in [-0.25, -0.2) is 4.85 Å². The molecule has 0 saturated heterocycles. The van der Waals surface area contributed by atoms with E-state index in [1.54, 1.807) is 17.4 Å². The van der Waals surface area contributed by atoms with Crippen LogP contribution in [-0.4, -0.2) is 22.8 Å². The van der Waals surface area contributed by atoms with Crippen LogP contribution in [0.25, 0.3) is 185 Å². The van der Waals surface area contributed by atoms with Crippen molar-refractivity contribution in [2.75, 3.05) is 0 Å². The largest absolute Gasteiger partial charge is 0.319 e. The Bertz CT molecular complexity index is 7500. The van der Waals surface area contributed by atoms with E-state index in [1.165, 1.54) is 20.2 Å². The summed E-state index contributed by atoms with van der Waals surface area (Å²) in [5.41, 5.74) is 20.2. The molecule has 0 radical (unpaired) electrons. The quantitative estimate of drug-likeness (QED) is 0.147. The molecule has 0 aliphatic carbocycles. The van der Waals surface area contributed by atoms with E-state index >= 15 is 0 Å². The molecule has 0 unspecified atom stereocenters. The first-order valence-electron chi connectivity index (χ1n) is 34.8. The van der Waals surface area contributed by atoms with E-state index < -0.39 is 0 Å². The van der Waals surface area contributed by atoms with E-state index in [9.17, 15) is 21.0 Å². The fraction of sp³-hybridized carbons (Fsp3) is 0. The summed E-state index contributed by atoms with van der Waals surface area (Å²) < 4.78 is 13.7. The van der Waals surface area contributed by atoms with Crippen LogP contribution in [0.15, 0.2) is 315 Å². The van der Waals surface area contributed by atoms with Crippen molar-refractivity contribution in [1.29, 1.82) is 21.0 Å². The molecule has 0 amide bonds. The molecular formula is C95H52N10S. The number of nitriles is 4. The molecule has 21 rings (SSSR count). The second-order valence-electron chi connectivity index (χ2n) is 26.6. The number of rotatable bonds is 7. The third-order valence-corrected chi connectivity index (χ3v) is 22.2. The van der Waals surface area contributed by atoms with Crippen LogP contribution in [0, 0.1) is 51.9 Å². The molecular weight excluding hydrogens is 1310 g/mol. The Morgan fingerprint density at radius 1 is 0.264 bits per heavy atom. The maximum Gasteiger partial charge on any atom is 0.211 e. The van der Waals surface area contributed by atoms with Crippen molar-refractivity contribution in [2.24, 2.45) is 0 Å². The number of hydrogen-bond acceptors (Lipinski definition) is 5. The average molecular weight is 1370 g/mol. The number of para-hydroxylation sites is 8. The lowest BCUT2D eigenvalue weighted by Gasteiger charge is -2.18. The van der Waals surface area contributed by atoms with E-state index in [-0.39, 0.29) is 0 Å². The lowest BCUT2D eigenvalue weighted by atomic mass is 9.95. The zero-order chi connectivity index (χ0) is 70.8. The van der Waals surface area contributed by atoms with Crippen LogP contribution in [0.3, 0.4) is 0 Å². The van der Waals surface area contributed by atoms with Crippen LogP contribution >= 0.6 is 11.3 Å². The summed E-state index contributed by atoms with van der Waals surface area (Å²) in [4.78, 5) is 4.06. The first kappa shape index (κ1) is 60.9. The third-order valence-electron chi connectivity index (χ3n) is 21.1. The van der Waals surface area contributed by atoms with Crippen molar-refractivity contribution in [1.82, 2.24) is 22.8 Å². The van der Waals surface area contributed by atoms with Crippen molar-refractivity contribution >= 4 is 146 Å². The number of hydrogen-bond donors (Lipinski definition) is 0. The zero-order valence-electron chi connectivity index (χ0n) is 56.4. The molecule has 0 bridgehead atoms. The van der Waals surface area contributed by atoms with Gasteiger partial charge >= 0.3 is 0 Å². The van der Waals surface area contributed by atoms with Crippen LogP contribution < -0.4 is 0 Å². The third kappa shape index (κ3) is 9.04. The molecule has 6 heterocycles. The van der Waals surface area contributed by atoms with Crippen molar-refractivity contribution < 1.29 is 0 Å². The minimum atomic E-state index is 0.430. The monoisotopic (exact) mass is 1360 g/mol. The summed E-state index contributed by atoms with van der Waals surface area (Å²) in [6.07, 6.45) is 0. The van der Waals surface area contributed by atoms with Crippen LogP contribution in [0.4, 0.5) is 5.69 Å². The first-order valence-corrected chi connectivity index (χ1v) is 35.6. The van der Waals surface area contributed by atoms with E-state index in [1.807, 2.05) is 91.0 Å². The highest BCUT2D eigenvalue weighted by Gasteiger charge is 2.27. The molecule has 0 fully saturated rings. The van der Waals surface area contributed by atoms with Crippen LogP contribution in [0.1, 0.15) is 22.3 Å². The Morgan fingerprint density at radius 2 is 0.698 bits per heavy atom. The van der Waals surface area contributed by atoms with Crippen molar-refractivity contribution in [2.45, 2.75) is 0 Å². The van der Waals surface area contributed by atoms with E-state index in [0.717, 1.165) is 148 Å². The van der Waals surface area contributed by atoms with Gasteiger partial charge in [-0.05, 0) is 127 Å². The van der Waals surface area contributed by atoms with E-state index in [4.69, 9.17) is 6.57 Å². The van der Waals surface area contributed by atoms with Crippen LogP contribution in [-0.2, 0) is 0 Å². The maximum absolute atomic E-state index is 10.9. The number of fused-ring (bicyclic) bond motifs is 20. The van der Waals surface area contributed by atoms with Gasteiger partial charge in [-0.15, -0.1) is 11.3 Å². The first-order chi connectivity index (χ1) is 52.4. The smallest absolute Gasteiger partial charge is 0.211 e. The molecule has 11 heteroatoms. The van der Waals surface area contributed by atoms with Gasteiger partial charge in [0.15, 0.2) is 0 Å². The van der Waals surface area contributed by atoms with Gasteiger partial charge in [0.1, 0.15) is 0 Å². The minimum Gasteiger partial charge on any atom is -0.319 e. The summed E-state index contributed by atoms with van der Waals surface area (Å²) in [6, 6.07) is 117. The summed E-state index contributed by atoms with van der Waals surface area (Å²) in [6.45, 7) is 8.39. The van der Waals surface area contributed by atoms with Gasteiger partial charge < -0.3 is 22.8 Å². The standard InChI is InChI=1S/C50H29N5.C45H23N5S/c51-30-32-22-27-48(43(28-32)36-24-23-35(29-33(36)31-52)53-44-18-8-4-14-37(44)38-15-5-9-19-45(38)53)55-47-21-11-7-17-40(47)42-26-25-41-39-16-6-10-20-46(39)54(49(41)50(42)55)34-12-2-1-3-13-34;1-48-36-24-35(28(26-47)23-41(36)49-37-14-6-2-10-29(37)30-11-3-7-15-38(30)49)32-19-18-27(25-46)22-40(32)50-39-16-8-4-12-31(39)33-20-21-43-44(45(33)50)34-13-5-9-17-42(34)51-43/h1-29H;2-24H. The van der Waals surface area contributed by atoms with Crippen molar-refractivity contribution in [3.8, 4) is 75.0 Å². The predicted octanol–water partition coefficient (Wildman–Crippen LogP) is 24.6. The van der Waals surface area contributed by atoms with Gasteiger partial charge in [-0.3, -0.25) is 0 Å². The molecule has 15 aromatic carbocycles. The lowest BCUT2D eigenvalue weighted by Crippen LogP contribution is -2.02. The number of benzene rings is 15. The van der Waals surface area contributed by atoms with Crippen molar-refractivity contribution in [3.63, 3.8) is 0 Å². The summed E-state index contributed by atoms with van der Waals surface area (Å²) in [7, 11) is 0. The fourth-order valence-corrected chi connectivity index (χ4v) is 17.8. The molecule has 0 aliphatic heterocycles. The molecule has 0 N–H and O–H groups in total. The molecule has 6 aromatic heterocycles. The van der Waals surface area contributed by atoms with Gasteiger partial charge in [0.25, 0.3) is 0 Å². The Morgan fingerprint density at radius 3 is 1.25 bits per heavy atom. The number of thiophene rings is 1. The normalized spacial score (nSPS) is 11.5. The average Bonchev–Trinajstić information content (AvgIpc) is 1.55. The molecule has 0 aliphatic rings. The predicted molar refractivity (Wildman–Crippen MR) is 433 cm³/mol. The lowest BCUT2D eigenvalue weighted by molar-refractivity contribution is 1.15. The summed E-state index contributed by atoms with van der Waals surface area (Å²) in [5, 5.41) is 55.7. The van der Waals surface area contributed by atoms with E-state index in [2.05, 4.69) is 270 Å². The molecule has 0 spiro atoms.